The van der Waals surface area contributed by atoms with Crippen molar-refractivity contribution in [3.63, 3.8) is 0 Å². The summed E-state index contributed by atoms with van der Waals surface area (Å²) in [5.74, 6) is 0.641. The highest BCUT2D eigenvalue weighted by atomic mass is 16.5. The Labute approximate surface area is 124 Å². The fourth-order valence-corrected chi connectivity index (χ4v) is 2.54. The number of rotatable bonds is 9. The van der Waals surface area contributed by atoms with Gasteiger partial charge >= 0.3 is 0 Å². The number of nitrogens with one attached hydrogen (secondary N) is 1. The Hall–Kier alpha value is -0.860. The normalized spacial score (nSPS) is 15.8. The summed E-state index contributed by atoms with van der Waals surface area (Å²) in [7, 11) is 0. The van der Waals surface area contributed by atoms with Crippen LogP contribution in [-0.2, 0) is 4.74 Å². The molecule has 0 amide bonds. The summed E-state index contributed by atoms with van der Waals surface area (Å²) in [5, 5.41) is 3.55. The van der Waals surface area contributed by atoms with E-state index in [0.29, 0.717) is 5.92 Å². The second-order valence-electron chi connectivity index (χ2n) is 5.88. The molecule has 0 saturated carbocycles. The molecule has 0 fully saturated rings. The van der Waals surface area contributed by atoms with Crippen LogP contribution in [0.25, 0.3) is 0 Å². The van der Waals surface area contributed by atoms with E-state index in [0.717, 1.165) is 13.2 Å². The van der Waals surface area contributed by atoms with Gasteiger partial charge in [0.25, 0.3) is 0 Å². The van der Waals surface area contributed by atoms with E-state index in [9.17, 15) is 0 Å². The van der Waals surface area contributed by atoms with Gasteiger partial charge in [-0.1, -0.05) is 57.0 Å². The maximum Gasteiger partial charge on any atom is 0.0741 e. The Morgan fingerprint density at radius 2 is 1.75 bits per heavy atom. The third-order valence-electron chi connectivity index (χ3n) is 3.76. The molecule has 114 valence electrons. The molecular formula is C18H31NO. The fourth-order valence-electron chi connectivity index (χ4n) is 2.54. The van der Waals surface area contributed by atoms with Crippen molar-refractivity contribution in [1.82, 2.24) is 5.32 Å². The molecule has 0 aromatic heterocycles. The number of aryl methyl sites for hydroxylation is 1. The summed E-state index contributed by atoms with van der Waals surface area (Å²) in [6.07, 6.45) is 2.66. The van der Waals surface area contributed by atoms with E-state index in [2.05, 4.69) is 64.2 Å². The van der Waals surface area contributed by atoms with E-state index >= 15 is 0 Å². The monoisotopic (exact) mass is 277 g/mol. The molecule has 0 saturated heterocycles. The second kappa shape index (κ2) is 9.15. The predicted octanol–water partition coefficient (Wildman–Crippen LogP) is 4.49. The molecule has 2 heteroatoms. The molecule has 0 spiro atoms. The lowest BCUT2D eigenvalue weighted by Gasteiger charge is -2.27. The Kier molecular flexibility index (Phi) is 7.86. The summed E-state index contributed by atoms with van der Waals surface area (Å²) in [6, 6.07) is 9.03. The van der Waals surface area contributed by atoms with Crippen molar-refractivity contribution >= 4 is 0 Å². The van der Waals surface area contributed by atoms with Crippen LogP contribution in [0.5, 0.6) is 0 Å². The Bertz CT molecular complexity index is 360. The second-order valence-corrected chi connectivity index (χ2v) is 5.88. The van der Waals surface area contributed by atoms with E-state index in [1.807, 2.05) is 0 Å². The van der Waals surface area contributed by atoms with E-state index in [4.69, 9.17) is 4.74 Å². The molecule has 0 radical (unpaired) electrons. The summed E-state index contributed by atoms with van der Waals surface area (Å²) in [5.41, 5.74) is 2.61. The molecule has 0 aliphatic rings. The molecule has 0 aliphatic heterocycles. The van der Waals surface area contributed by atoms with Gasteiger partial charge < -0.3 is 10.1 Å². The average molecular weight is 277 g/mol. The van der Waals surface area contributed by atoms with Crippen LogP contribution in [0.3, 0.4) is 0 Å². The Balaban J connectivity index is 2.62. The fraction of sp³-hybridized carbons (Fsp3) is 0.667. The van der Waals surface area contributed by atoms with Crippen molar-refractivity contribution in [2.24, 2.45) is 5.92 Å². The number of hydrogen-bond acceptors (Lipinski definition) is 2. The maximum atomic E-state index is 6.09. The predicted molar refractivity (Wildman–Crippen MR) is 87.1 cm³/mol. The lowest BCUT2D eigenvalue weighted by Crippen LogP contribution is -2.32. The summed E-state index contributed by atoms with van der Waals surface area (Å²) >= 11 is 0. The van der Waals surface area contributed by atoms with Gasteiger partial charge in [0.15, 0.2) is 0 Å². The van der Waals surface area contributed by atoms with E-state index in [1.54, 1.807) is 0 Å². The van der Waals surface area contributed by atoms with Crippen molar-refractivity contribution in [1.29, 1.82) is 0 Å². The molecular weight excluding hydrogens is 246 g/mol. The number of benzene rings is 1. The van der Waals surface area contributed by atoms with Crippen molar-refractivity contribution in [2.45, 2.75) is 59.6 Å². The zero-order valence-corrected chi connectivity index (χ0v) is 13.8. The van der Waals surface area contributed by atoms with Crippen LogP contribution in [0, 0.1) is 12.8 Å². The van der Waals surface area contributed by atoms with Gasteiger partial charge in [0.1, 0.15) is 0 Å². The largest absolute Gasteiger partial charge is 0.376 e. The molecule has 1 N–H and O–H groups in total. The van der Waals surface area contributed by atoms with Crippen molar-refractivity contribution in [3.8, 4) is 0 Å². The lowest BCUT2D eigenvalue weighted by molar-refractivity contribution is 0.0185. The first-order chi connectivity index (χ1) is 9.58. The van der Waals surface area contributed by atoms with E-state index in [1.165, 1.54) is 24.0 Å². The molecule has 20 heavy (non-hydrogen) atoms. The van der Waals surface area contributed by atoms with Gasteiger partial charge in [-0.25, -0.2) is 0 Å². The number of hydrogen-bond donors (Lipinski definition) is 1. The molecule has 1 rings (SSSR count). The van der Waals surface area contributed by atoms with Crippen LogP contribution in [0.2, 0.25) is 0 Å². The van der Waals surface area contributed by atoms with Crippen molar-refractivity contribution in [2.75, 3.05) is 13.2 Å². The van der Waals surface area contributed by atoms with Crippen molar-refractivity contribution < 1.29 is 4.74 Å². The van der Waals surface area contributed by atoms with Gasteiger partial charge in [-0.3, -0.25) is 0 Å². The zero-order chi connectivity index (χ0) is 15.0. The minimum atomic E-state index is 0.192. The van der Waals surface area contributed by atoms with Gasteiger partial charge in [-0.2, -0.15) is 0 Å². The standard InChI is InChI=1S/C18H31NO/c1-6-8-15(4)13-20-16(5)18(19-7-2)17-11-9-14(3)10-12-17/h9-12,15-16,18-19H,6-8,13H2,1-5H3. The highest BCUT2D eigenvalue weighted by Gasteiger charge is 2.19. The molecule has 2 nitrogen and oxygen atoms in total. The average Bonchev–Trinajstić information content (AvgIpc) is 2.44. The summed E-state index contributed by atoms with van der Waals surface area (Å²) in [6.45, 7) is 12.7. The first kappa shape index (κ1) is 17.2. The van der Waals surface area contributed by atoms with Gasteiger partial charge in [-0.05, 0) is 38.3 Å². The van der Waals surface area contributed by atoms with Crippen LogP contribution in [0.15, 0.2) is 24.3 Å². The molecule has 0 aliphatic carbocycles. The summed E-state index contributed by atoms with van der Waals surface area (Å²) < 4.78 is 6.09. The van der Waals surface area contributed by atoms with Crippen molar-refractivity contribution in [3.05, 3.63) is 35.4 Å². The molecule has 1 aromatic rings. The Morgan fingerprint density at radius 3 is 2.30 bits per heavy atom. The van der Waals surface area contributed by atoms with Gasteiger partial charge in [0.2, 0.25) is 0 Å². The SMILES string of the molecule is CCCC(C)COC(C)C(NCC)c1ccc(C)cc1. The molecule has 0 heterocycles. The number of likely N-dealkylation sites (N-methyl/N-ethyl adjacent to an activating group) is 1. The smallest absolute Gasteiger partial charge is 0.0741 e. The molecule has 1 aromatic carbocycles. The van der Waals surface area contributed by atoms with Gasteiger partial charge in [0, 0.05) is 6.61 Å². The summed E-state index contributed by atoms with van der Waals surface area (Å²) in [4.78, 5) is 0. The van der Waals surface area contributed by atoms with Gasteiger partial charge in [0.05, 0.1) is 12.1 Å². The van der Waals surface area contributed by atoms with Gasteiger partial charge in [-0.15, -0.1) is 0 Å². The van der Waals surface area contributed by atoms with Crippen LogP contribution in [-0.4, -0.2) is 19.3 Å². The third kappa shape index (κ3) is 5.64. The highest BCUT2D eigenvalue weighted by Crippen LogP contribution is 2.21. The Morgan fingerprint density at radius 1 is 1.10 bits per heavy atom. The molecule has 0 bridgehead atoms. The maximum absolute atomic E-state index is 6.09. The topological polar surface area (TPSA) is 21.3 Å². The number of ether oxygens (including phenoxy) is 1. The van der Waals surface area contributed by atoms with E-state index < -0.39 is 0 Å². The van der Waals surface area contributed by atoms with Crippen LogP contribution in [0.1, 0.15) is 57.7 Å². The van der Waals surface area contributed by atoms with Crippen LogP contribution >= 0.6 is 0 Å². The quantitative estimate of drug-likeness (QED) is 0.718. The highest BCUT2D eigenvalue weighted by molar-refractivity contribution is 5.24. The first-order valence-electron chi connectivity index (χ1n) is 8.00. The van der Waals surface area contributed by atoms with Crippen LogP contribution in [0.4, 0.5) is 0 Å². The lowest BCUT2D eigenvalue weighted by atomic mass is 10.0. The minimum Gasteiger partial charge on any atom is -0.376 e. The minimum absolute atomic E-state index is 0.192. The third-order valence-corrected chi connectivity index (χ3v) is 3.76. The zero-order valence-electron chi connectivity index (χ0n) is 13.8. The van der Waals surface area contributed by atoms with Crippen LogP contribution < -0.4 is 5.32 Å². The van der Waals surface area contributed by atoms with E-state index in [-0.39, 0.29) is 12.1 Å². The molecule has 3 atom stereocenters. The molecule has 3 unspecified atom stereocenters. The first-order valence-corrected chi connectivity index (χ1v) is 8.00.